The molecule has 2 heterocycles. The topological polar surface area (TPSA) is 67.2 Å². The molecule has 1 atom stereocenters. The zero-order valence-corrected chi connectivity index (χ0v) is 20.2. The van der Waals surface area contributed by atoms with Crippen LogP contribution in [0.2, 0.25) is 0 Å². The van der Waals surface area contributed by atoms with Gasteiger partial charge < -0.3 is 14.8 Å². The van der Waals surface area contributed by atoms with Crippen molar-refractivity contribution in [2.24, 2.45) is 7.05 Å². The molecule has 0 aliphatic heterocycles. The van der Waals surface area contributed by atoms with Crippen LogP contribution >= 0.6 is 0 Å². The SMILES string of the molecule is Cc1cc(C(=O)N(C)[C@H](CCNC(=O)c2cccn2C)Cc2ccccc2)cc(C(C)C)n1. The minimum atomic E-state index is -0.110. The zero-order chi connectivity index (χ0) is 24.0. The Labute approximate surface area is 196 Å². The van der Waals surface area contributed by atoms with Gasteiger partial charge in [0.25, 0.3) is 11.8 Å². The fourth-order valence-corrected chi connectivity index (χ4v) is 3.94. The molecule has 0 aliphatic carbocycles. The van der Waals surface area contributed by atoms with Crippen LogP contribution in [-0.2, 0) is 13.5 Å². The maximum absolute atomic E-state index is 13.4. The predicted molar refractivity (Wildman–Crippen MR) is 131 cm³/mol. The molecule has 2 aromatic heterocycles. The molecule has 6 nitrogen and oxygen atoms in total. The van der Waals surface area contributed by atoms with Gasteiger partial charge >= 0.3 is 0 Å². The van der Waals surface area contributed by atoms with Gasteiger partial charge in [0.05, 0.1) is 0 Å². The number of carbonyl (C=O) groups excluding carboxylic acids is 2. The van der Waals surface area contributed by atoms with Crippen molar-refractivity contribution >= 4 is 11.8 Å². The third-order valence-electron chi connectivity index (χ3n) is 5.93. The Bertz CT molecular complexity index is 1090. The number of nitrogens with zero attached hydrogens (tertiary/aromatic N) is 3. The highest BCUT2D eigenvalue weighted by molar-refractivity contribution is 5.94. The molecular weight excluding hydrogens is 412 g/mol. The number of aromatic nitrogens is 2. The number of likely N-dealkylation sites (N-methyl/N-ethyl adjacent to an activating group) is 1. The fourth-order valence-electron chi connectivity index (χ4n) is 3.94. The van der Waals surface area contributed by atoms with Gasteiger partial charge in [0, 0.05) is 49.8 Å². The first-order valence-electron chi connectivity index (χ1n) is 11.5. The van der Waals surface area contributed by atoms with Crippen molar-refractivity contribution in [2.45, 2.75) is 45.6 Å². The Morgan fingerprint density at radius 3 is 2.45 bits per heavy atom. The lowest BCUT2D eigenvalue weighted by Crippen LogP contribution is -2.41. The van der Waals surface area contributed by atoms with E-state index >= 15 is 0 Å². The quantitative estimate of drug-likeness (QED) is 0.531. The maximum atomic E-state index is 13.4. The largest absolute Gasteiger partial charge is 0.351 e. The second-order valence-electron chi connectivity index (χ2n) is 8.89. The summed E-state index contributed by atoms with van der Waals surface area (Å²) >= 11 is 0. The lowest BCUT2D eigenvalue weighted by molar-refractivity contribution is 0.0722. The number of nitrogens with one attached hydrogen (secondary N) is 1. The van der Waals surface area contributed by atoms with E-state index in [9.17, 15) is 9.59 Å². The minimum absolute atomic E-state index is 0.0305. The van der Waals surface area contributed by atoms with Crippen molar-refractivity contribution < 1.29 is 9.59 Å². The summed E-state index contributed by atoms with van der Waals surface area (Å²) in [5.74, 6) is 0.105. The number of aryl methyl sites for hydroxylation is 2. The van der Waals surface area contributed by atoms with Gasteiger partial charge in [-0.2, -0.15) is 0 Å². The van der Waals surface area contributed by atoms with Crippen molar-refractivity contribution in [3.05, 3.63) is 89.0 Å². The highest BCUT2D eigenvalue weighted by atomic mass is 16.2. The van der Waals surface area contributed by atoms with Gasteiger partial charge in [-0.05, 0) is 55.5 Å². The van der Waals surface area contributed by atoms with E-state index in [1.165, 1.54) is 0 Å². The smallest absolute Gasteiger partial charge is 0.267 e. The van der Waals surface area contributed by atoms with Gasteiger partial charge in [0.2, 0.25) is 0 Å². The molecule has 0 radical (unpaired) electrons. The molecule has 3 rings (SSSR count). The Balaban J connectivity index is 1.76. The van der Waals surface area contributed by atoms with Crippen LogP contribution in [-0.4, -0.2) is 45.9 Å². The first-order chi connectivity index (χ1) is 15.8. The Kier molecular flexibility index (Phi) is 8.04. The summed E-state index contributed by atoms with van der Waals surface area (Å²) in [5, 5.41) is 3.00. The molecule has 2 amide bonds. The number of pyridine rings is 1. The van der Waals surface area contributed by atoms with Crippen LogP contribution in [0.1, 0.15) is 64.0 Å². The van der Waals surface area contributed by atoms with Gasteiger partial charge in [0.15, 0.2) is 0 Å². The highest BCUT2D eigenvalue weighted by Crippen LogP contribution is 2.19. The third kappa shape index (κ3) is 6.31. The molecule has 0 aliphatic rings. The van der Waals surface area contributed by atoms with E-state index < -0.39 is 0 Å². The molecule has 0 spiro atoms. The number of rotatable bonds is 9. The van der Waals surface area contributed by atoms with Crippen LogP contribution in [0.25, 0.3) is 0 Å². The summed E-state index contributed by atoms with van der Waals surface area (Å²) in [6.07, 6.45) is 3.21. The zero-order valence-electron chi connectivity index (χ0n) is 20.2. The average molecular weight is 447 g/mol. The normalized spacial score (nSPS) is 11.9. The first-order valence-corrected chi connectivity index (χ1v) is 11.5. The summed E-state index contributed by atoms with van der Waals surface area (Å²) in [7, 11) is 3.70. The molecule has 6 heteroatoms. The van der Waals surface area contributed by atoms with E-state index in [0.717, 1.165) is 17.0 Å². The minimum Gasteiger partial charge on any atom is -0.351 e. The molecule has 0 bridgehead atoms. The van der Waals surface area contributed by atoms with E-state index in [0.29, 0.717) is 30.6 Å². The molecule has 1 aromatic carbocycles. The van der Waals surface area contributed by atoms with Crippen molar-refractivity contribution in [3.63, 3.8) is 0 Å². The van der Waals surface area contributed by atoms with Gasteiger partial charge in [0.1, 0.15) is 5.69 Å². The summed E-state index contributed by atoms with van der Waals surface area (Å²) in [4.78, 5) is 32.3. The number of hydrogen-bond donors (Lipinski definition) is 1. The summed E-state index contributed by atoms with van der Waals surface area (Å²) < 4.78 is 1.80. The van der Waals surface area contributed by atoms with Crippen molar-refractivity contribution in [1.29, 1.82) is 0 Å². The fraction of sp³-hybridized carbons (Fsp3) is 0.370. The Morgan fingerprint density at radius 1 is 1.09 bits per heavy atom. The first kappa shape index (κ1) is 24.2. The van der Waals surface area contributed by atoms with Crippen molar-refractivity contribution in [1.82, 2.24) is 19.8 Å². The molecule has 33 heavy (non-hydrogen) atoms. The van der Waals surface area contributed by atoms with E-state index in [2.05, 4.69) is 36.3 Å². The Hall–Kier alpha value is -3.41. The van der Waals surface area contributed by atoms with E-state index in [1.54, 1.807) is 15.5 Å². The van der Waals surface area contributed by atoms with Gasteiger partial charge in [-0.3, -0.25) is 14.6 Å². The van der Waals surface area contributed by atoms with Crippen molar-refractivity contribution in [2.75, 3.05) is 13.6 Å². The predicted octanol–water partition coefficient (Wildman–Crippen LogP) is 4.36. The summed E-state index contributed by atoms with van der Waals surface area (Å²) in [6, 6.07) is 17.5. The van der Waals surface area contributed by atoms with E-state index in [4.69, 9.17) is 0 Å². The number of benzene rings is 1. The van der Waals surface area contributed by atoms with E-state index in [1.807, 2.05) is 63.6 Å². The van der Waals surface area contributed by atoms with Crippen LogP contribution < -0.4 is 5.32 Å². The second-order valence-corrected chi connectivity index (χ2v) is 8.89. The molecule has 1 N–H and O–H groups in total. The lowest BCUT2D eigenvalue weighted by atomic mass is 10.0. The highest BCUT2D eigenvalue weighted by Gasteiger charge is 2.23. The molecule has 0 fully saturated rings. The van der Waals surface area contributed by atoms with Crippen LogP contribution in [0.4, 0.5) is 0 Å². The lowest BCUT2D eigenvalue weighted by Gasteiger charge is -2.29. The molecule has 3 aromatic rings. The standard InChI is InChI=1S/C27H34N4O2/c1-19(2)24-18-22(16-20(3)29-24)27(33)31(5)23(17-21-10-7-6-8-11-21)13-14-28-26(32)25-12-9-15-30(25)4/h6-12,15-16,18-19,23H,13-14,17H2,1-5H3,(H,28,32)/t23-/m1/s1. The van der Waals surface area contributed by atoms with Gasteiger partial charge in [-0.25, -0.2) is 0 Å². The van der Waals surface area contributed by atoms with Crippen LogP contribution in [0.5, 0.6) is 0 Å². The van der Waals surface area contributed by atoms with E-state index in [-0.39, 0.29) is 23.8 Å². The molecular formula is C27H34N4O2. The molecule has 0 saturated carbocycles. The maximum Gasteiger partial charge on any atom is 0.267 e. The molecule has 174 valence electrons. The molecule has 0 unspecified atom stereocenters. The second kappa shape index (κ2) is 10.9. The molecule has 0 saturated heterocycles. The number of amides is 2. The van der Waals surface area contributed by atoms with Crippen molar-refractivity contribution in [3.8, 4) is 0 Å². The monoisotopic (exact) mass is 446 g/mol. The number of hydrogen-bond acceptors (Lipinski definition) is 3. The summed E-state index contributed by atoms with van der Waals surface area (Å²) in [6.45, 7) is 6.55. The van der Waals surface area contributed by atoms with Gasteiger partial charge in [-0.1, -0.05) is 44.2 Å². The Morgan fingerprint density at radius 2 is 1.82 bits per heavy atom. The van der Waals surface area contributed by atoms with Gasteiger partial charge in [-0.15, -0.1) is 0 Å². The van der Waals surface area contributed by atoms with Crippen LogP contribution in [0, 0.1) is 6.92 Å². The summed E-state index contributed by atoms with van der Waals surface area (Å²) in [5.41, 5.74) is 4.19. The van der Waals surface area contributed by atoms with Crippen LogP contribution in [0.3, 0.4) is 0 Å². The third-order valence-corrected chi connectivity index (χ3v) is 5.93. The number of carbonyl (C=O) groups is 2. The van der Waals surface area contributed by atoms with Crippen LogP contribution in [0.15, 0.2) is 60.8 Å². The average Bonchev–Trinajstić information content (AvgIpc) is 3.23.